The molecule has 0 spiro atoms. The topological polar surface area (TPSA) is 103 Å². The van der Waals surface area contributed by atoms with E-state index in [1.807, 2.05) is 20.8 Å². The van der Waals surface area contributed by atoms with Crippen LogP contribution >= 0.6 is 11.6 Å². The number of benzene rings is 1. The summed E-state index contributed by atoms with van der Waals surface area (Å²) in [4.78, 5) is 30.8. The Morgan fingerprint density at radius 2 is 1.94 bits per heavy atom. The van der Waals surface area contributed by atoms with Crippen LogP contribution in [0.5, 0.6) is 0 Å². The Balaban J connectivity index is 0.000000366. The van der Waals surface area contributed by atoms with Crippen LogP contribution in [0.2, 0.25) is 0 Å². The highest BCUT2D eigenvalue weighted by molar-refractivity contribution is 6.63. The number of hydrogen-bond acceptors (Lipinski definition) is 5. The second-order valence-electron chi connectivity index (χ2n) is 8.47. The van der Waals surface area contributed by atoms with E-state index in [2.05, 4.69) is 15.3 Å². The lowest BCUT2D eigenvalue weighted by molar-refractivity contribution is -0.113. The molecule has 31 heavy (non-hydrogen) atoms. The molecular weight excluding hydrogens is 421 g/mol. The van der Waals surface area contributed by atoms with Crippen LogP contribution in [0, 0.1) is 18.2 Å². The molecule has 9 heteroatoms. The van der Waals surface area contributed by atoms with Gasteiger partial charge in [-0.2, -0.15) is 0 Å². The van der Waals surface area contributed by atoms with Crippen molar-refractivity contribution >= 4 is 39.5 Å². The molecule has 0 saturated carbocycles. The average Bonchev–Trinajstić information content (AvgIpc) is 2.95. The van der Waals surface area contributed by atoms with E-state index in [-0.39, 0.29) is 34.6 Å². The molecule has 0 radical (unpaired) electrons. The highest BCUT2D eigenvalue weighted by Crippen LogP contribution is 2.22. The van der Waals surface area contributed by atoms with Gasteiger partial charge in [0.25, 0.3) is 5.91 Å². The third kappa shape index (κ3) is 6.75. The molecule has 1 aromatic carbocycles. The number of aromatic nitrogens is 3. The average molecular weight is 448 g/mol. The van der Waals surface area contributed by atoms with E-state index in [4.69, 9.17) is 17.3 Å². The summed E-state index contributed by atoms with van der Waals surface area (Å²) in [7, 11) is 1.78. The predicted octanol–water partition coefficient (Wildman–Crippen LogP) is 4.12. The molecule has 0 bridgehead atoms. The van der Waals surface area contributed by atoms with Gasteiger partial charge in [0.05, 0.1) is 5.69 Å². The van der Waals surface area contributed by atoms with Crippen LogP contribution in [0.15, 0.2) is 30.7 Å². The number of halogens is 2. The number of carbonyl (C=O) groups is 2. The van der Waals surface area contributed by atoms with Gasteiger partial charge in [-0.05, 0) is 41.1 Å². The van der Waals surface area contributed by atoms with Gasteiger partial charge in [-0.3, -0.25) is 9.59 Å². The molecule has 0 saturated heterocycles. The molecule has 0 aliphatic heterocycles. The molecular formula is C22H27ClFN5O2. The van der Waals surface area contributed by atoms with Gasteiger partial charge in [-0.25, -0.2) is 14.4 Å². The van der Waals surface area contributed by atoms with E-state index in [9.17, 15) is 14.0 Å². The molecule has 0 unspecified atom stereocenters. The Labute approximate surface area is 185 Å². The van der Waals surface area contributed by atoms with E-state index in [0.29, 0.717) is 28.7 Å². The third-order valence-corrected chi connectivity index (χ3v) is 4.47. The van der Waals surface area contributed by atoms with Crippen molar-refractivity contribution in [1.29, 1.82) is 0 Å². The largest absolute Gasteiger partial charge is 0.396 e. The summed E-state index contributed by atoms with van der Waals surface area (Å²) in [5, 5.41) is 2.53. The number of amides is 1. The van der Waals surface area contributed by atoms with Gasteiger partial charge < -0.3 is 15.6 Å². The molecule has 2 aromatic heterocycles. The van der Waals surface area contributed by atoms with Gasteiger partial charge >= 0.3 is 0 Å². The summed E-state index contributed by atoms with van der Waals surface area (Å²) in [5.41, 5.74) is 9.14. The smallest absolute Gasteiger partial charge is 0.272 e. The first kappa shape index (κ1) is 24.3. The molecule has 0 atom stereocenters. The van der Waals surface area contributed by atoms with Gasteiger partial charge in [0.15, 0.2) is 5.69 Å². The number of carbonyl (C=O) groups excluding carboxylic acids is 2. The van der Waals surface area contributed by atoms with Gasteiger partial charge in [-0.1, -0.05) is 32.9 Å². The fraction of sp³-hybridized carbons (Fsp3) is 0.364. The lowest BCUT2D eigenvalue weighted by Crippen LogP contribution is -2.24. The molecule has 0 aliphatic carbocycles. The zero-order valence-corrected chi connectivity index (χ0v) is 19.0. The summed E-state index contributed by atoms with van der Waals surface area (Å²) in [6, 6.07) is 4.72. The molecule has 3 N–H and O–H groups in total. The van der Waals surface area contributed by atoms with Crippen LogP contribution in [0.25, 0.3) is 11.0 Å². The van der Waals surface area contributed by atoms with Crippen molar-refractivity contribution in [3.8, 4) is 0 Å². The lowest BCUT2D eigenvalue weighted by Gasteiger charge is -2.13. The second-order valence-corrected chi connectivity index (χ2v) is 8.90. The third-order valence-electron chi connectivity index (χ3n) is 4.34. The van der Waals surface area contributed by atoms with Crippen LogP contribution < -0.4 is 11.1 Å². The fourth-order valence-electron chi connectivity index (χ4n) is 2.92. The van der Waals surface area contributed by atoms with E-state index >= 15 is 0 Å². The van der Waals surface area contributed by atoms with E-state index < -0.39 is 0 Å². The number of nitrogens with zero attached hydrogens (tertiary/aromatic N) is 3. The number of anilines is 1. The monoisotopic (exact) mass is 447 g/mol. The Morgan fingerprint density at radius 3 is 2.48 bits per heavy atom. The van der Waals surface area contributed by atoms with Crippen LogP contribution in [-0.4, -0.2) is 25.7 Å². The Morgan fingerprint density at radius 1 is 1.26 bits per heavy atom. The van der Waals surface area contributed by atoms with Gasteiger partial charge in [0.1, 0.15) is 23.2 Å². The van der Waals surface area contributed by atoms with Gasteiger partial charge in [0, 0.05) is 26.2 Å². The number of aryl methyl sites for hydroxylation is 2. The maximum absolute atomic E-state index is 13.3. The zero-order valence-electron chi connectivity index (χ0n) is 18.3. The number of rotatable bonds is 4. The minimum atomic E-state index is -0.333. The summed E-state index contributed by atoms with van der Waals surface area (Å²) in [5.74, 6) is -0.600. The van der Waals surface area contributed by atoms with Crippen molar-refractivity contribution in [3.05, 3.63) is 53.4 Å². The maximum atomic E-state index is 13.3. The van der Waals surface area contributed by atoms with Crippen molar-refractivity contribution in [2.75, 3.05) is 5.73 Å². The second kappa shape index (κ2) is 9.87. The van der Waals surface area contributed by atoms with Gasteiger partial charge in [0.2, 0.25) is 5.24 Å². The van der Waals surface area contributed by atoms with Crippen molar-refractivity contribution in [2.45, 2.75) is 40.7 Å². The number of nitrogens with one attached hydrogen (secondary N) is 1. The Hall–Kier alpha value is -3.00. The summed E-state index contributed by atoms with van der Waals surface area (Å²) < 4.78 is 15.0. The minimum Gasteiger partial charge on any atom is -0.396 e. The minimum absolute atomic E-state index is 0.0405. The first-order valence-electron chi connectivity index (χ1n) is 9.66. The number of nitrogens with two attached hydrogens (primary N) is 1. The molecule has 3 rings (SSSR count). The van der Waals surface area contributed by atoms with Crippen molar-refractivity contribution in [2.24, 2.45) is 12.5 Å². The van der Waals surface area contributed by atoms with Gasteiger partial charge in [-0.15, -0.1) is 0 Å². The number of nitrogen functional groups attached to an aromatic ring is 1. The van der Waals surface area contributed by atoms with Crippen LogP contribution in [0.4, 0.5) is 10.1 Å². The van der Waals surface area contributed by atoms with Crippen LogP contribution in [0.3, 0.4) is 0 Å². The lowest BCUT2D eigenvalue weighted by atomic mass is 9.93. The molecule has 1 amide bonds. The SMILES string of the molecule is CC(C)(C)CC(=O)Cl.Cc1cc(CNC(=O)c2ncnc3c(N)cn(C)c23)ccc1F. The van der Waals surface area contributed by atoms with Crippen molar-refractivity contribution < 1.29 is 14.0 Å². The van der Waals surface area contributed by atoms with E-state index in [0.717, 1.165) is 5.56 Å². The summed E-state index contributed by atoms with van der Waals surface area (Å²) >= 11 is 5.12. The normalized spacial score (nSPS) is 11.1. The van der Waals surface area contributed by atoms with E-state index in [1.54, 1.807) is 36.9 Å². The van der Waals surface area contributed by atoms with E-state index in [1.165, 1.54) is 12.4 Å². The summed E-state index contributed by atoms with van der Waals surface area (Å²) in [6.45, 7) is 7.90. The molecule has 3 aromatic rings. The summed E-state index contributed by atoms with van der Waals surface area (Å²) in [6.07, 6.45) is 3.46. The number of hydrogen-bond donors (Lipinski definition) is 2. The van der Waals surface area contributed by atoms with Crippen molar-refractivity contribution in [1.82, 2.24) is 19.9 Å². The number of fused-ring (bicyclic) bond motifs is 1. The highest BCUT2D eigenvalue weighted by Gasteiger charge is 2.17. The van der Waals surface area contributed by atoms with Crippen LogP contribution in [-0.2, 0) is 18.4 Å². The molecule has 0 fully saturated rings. The zero-order chi connectivity index (χ0) is 23.3. The first-order valence-corrected chi connectivity index (χ1v) is 10.0. The maximum Gasteiger partial charge on any atom is 0.272 e. The van der Waals surface area contributed by atoms with Crippen molar-refractivity contribution in [3.63, 3.8) is 0 Å². The molecule has 0 aliphatic rings. The standard InChI is InChI=1S/C16H16FN5O.C6H11ClO/c1-9-5-10(3-4-11(9)17)6-19-16(23)14-15-13(20-8-21-14)12(18)7-22(15)2;1-6(2,3)4-5(7)8/h3-5,7-8H,6,18H2,1-2H3,(H,19,23);4H2,1-3H3. The predicted molar refractivity (Wildman–Crippen MR) is 120 cm³/mol. The first-order chi connectivity index (χ1) is 14.4. The highest BCUT2D eigenvalue weighted by atomic mass is 35.5. The fourth-order valence-corrected chi connectivity index (χ4v) is 3.33. The van der Waals surface area contributed by atoms with Crippen LogP contribution in [0.1, 0.15) is 48.8 Å². The molecule has 166 valence electrons. The quantitative estimate of drug-likeness (QED) is 0.585. The Bertz CT molecular complexity index is 1110. The molecule has 2 heterocycles. The molecule has 7 nitrogen and oxygen atoms in total. The Kier molecular flexibility index (Phi) is 7.73.